The third-order valence-electron chi connectivity index (χ3n) is 3.50. The van der Waals surface area contributed by atoms with Crippen LogP contribution in [0.3, 0.4) is 0 Å². The maximum atomic E-state index is 5.67. The quantitative estimate of drug-likeness (QED) is 0.818. The number of aryl methyl sites for hydroxylation is 2. The zero-order chi connectivity index (χ0) is 10.9. The lowest BCUT2D eigenvalue weighted by atomic mass is 9.75. The highest BCUT2D eigenvalue weighted by molar-refractivity contribution is 5.36. The predicted molar refractivity (Wildman–Crippen MR) is 62.1 cm³/mol. The largest absolute Gasteiger partial charge is 0.379 e. The molecule has 1 fully saturated rings. The molecule has 2 N–H and O–H groups in total. The average molecular weight is 205 g/mol. The van der Waals surface area contributed by atoms with Crippen LogP contribution in [0.25, 0.3) is 0 Å². The summed E-state index contributed by atoms with van der Waals surface area (Å²) >= 11 is 0. The molecule has 1 heterocycles. The first kappa shape index (κ1) is 10.7. The van der Waals surface area contributed by atoms with Crippen molar-refractivity contribution in [3.05, 3.63) is 34.9 Å². The SMILES string of the molecule is Cc1ccc(C2(CCN)COC2)cc1C. The third-order valence-corrected chi connectivity index (χ3v) is 3.50. The van der Waals surface area contributed by atoms with Crippen molar-refractivity contribution in [2.24, 2.45) is 5.73 Å². The molecule has 2 rings (SSSR count). The van der Waals surface area contributed by atoms with E-state index in [0.29, 0.717) is 0 Å². The molecule has 1 aromatic rings. The highest BCUT2D eigenvalue weighted by atomic mass is 16.5. The van der Waals surface area contributed by atoms with Crippen molar-refractivity contribution in [1.29, 1.82) is 0 Å². The Hall–Kier alpha value is -0.860. The molecule has 1 aliphatic rings. The van der Waals surface area contributed by atoms with Crippen LogP contribution in [0.1, 0.15) is 23.1 Å². The Labute approximate surface area is 91.4 Å². The first-order chi connectivity index (χ1) is 7.18. The number of hydrogen-bond donors (Lipinski definition) is 1. The zero-order valence-corrected chi connectivity index (χ0v) is 9.55. The summed E-state index contributed by atoms with van der Waals surface area (Å²) in [4.78, 5) is 0. The molecule has 1 saturated heterocycles. The van der Waals surface area contributed by atoms with Gasteiger partial charge in [0, 0.05) is 5.41 Å². The van der Waals surface area contributed by atoms with Gasteiger partial charge >= 0.3 is 0 Å². The molecule has 0 spiro atoms. The van der Waals surface area contributed by atoms with E-state index < -0.39 is 0 Å². The van der Waals surface area contributed by atoms with Crippen molar-refractivity contribution in [2.75, 3.05) is 19.8 Å². The van der Waals surface area contributed by atoms with Crippen LogP contribution in [0.2, 0.25) is 0 Å². The van der Waals surface area contributed by atoms with Crippen LogP contribution in [0.5, 0.6) is 0 Å². The van der Waals surface area contributed by atoms with Gasteiger partial charge in [-0.15, -0.1) is 0 Å². The van der Waals surface area contributed by atoms with Crippen LogP contribution in [-0.4, -0.2) is 19.8 Å². The topological polar surface area (TPSA) is 35.2 Å². The zero-order valence-electron chi connectivity index (χ0n) is 9.55. The molecule has 1 aromatic carbocycles. The first-order valence-corrected chi connectivity index (χ1v) is 5.53. The molecular formula is C13H19NO. The van der Waals surface area contributed by atoms with Crippen molar-refractivity contribution in [3.8, 4) is 0 Å². The van der Waals surface area contributed by atoms with Gasteiger partial charge in [-0.05, 0) is 43.5 Å². The second-order valence-electron chi connectivity index (χ2n) is 4.61. The summed E-state index contributed by atoms with van der Waals surface area (Å²) in [6, 6.07) is 6.70. The number of hydrogen-bond acceptors (Lipinski definition) is 2. The minimum atomic E-state index is 0.202. The molecule has 2 nitrogen and oxygen atoms in total. The summed E-state index contributed by atoms with van der Waals surface area (Å²) in [6.45, 7) is 6.69. The smallest absolute Gasteiger partial charge is 0.0586 e. The van der Waals surface area contributed by atoms with E-state index in [-0.39, 0.29) is 5.41 Å². The fourth-order valence-corrected chi connectivity index (χ4v) is 2.15. The highest BCUT2D eigenvalue weighted by Crippen LogP contribution is 2.36. The maximum Gasteiger partial charge on any atom is 0.0586 e. The molecule has 0 radical (unpaired) electrons. The van der Waals surface area contributed by atoms with Crippen LogP contribution >= 0.6 is 0 Å². The van der Waals surface area contributed by atoms with Crippen LogP contribution < -0.4 is 5.73 Å². The minimum absolute atomic E-state index is 0.202. The van der Waals surface area contributed by atoms with Crippen LogP contribution in [0.4, 0.5) is 0 Å². The van der Waals surface area contributed by atoms with Gasteiger partial charge in [-0.25, -0.2) is 0 Å². The van der Waals surface area contributed by atoms with Gasteiger partial charge in [0.25, 0.3) is 0 Å². The average Bonchev–Trinajstić information content (AvgIpc) is 2.16. The predicted octanol–water partition coefficient (Wildman–Crippen LogP) is 1.92. The Kier molecular flexibility index (Phi) is 2.81. The lowest BCUT2D eigenvalue weighted by Gasteiger charge is -2.42. The first-order valence-electron chi connectivity index (χ1n) is 5.53. The van der Waals surface area contributed by atoms with Gasteiger partial charge < -0.3 is 10.5 Å². The van der Waals surface area contributed by atoms with Gasteiger partial charge in [0.05, 0.1) is 13.2 Å². The molecular weight excluding hydrogens is 186 g/mol. The molecule has 82 valence electrons. The molecule has 0 amide bonds. The van der Waals surface area contributed by atoms with E-state index in [0.717, 1.165) is 26.2 Å². The van der Waals surface area contributed by atoms with Crippen molar-refractivity contribution in [1.82, 2.24) is 0 Å². The van der Waals surface area contributed by atoms with Crippen molar-refractivity contribution >= 4 is 0 Å². The molecule has 0 saturated carbocycles. The summed E-state index contributed by atoms with van der Waals surface area (Å²) in [5.74, 6) is 0. The van der Waals surface area contributed by atoms with Crippen LogP contribution in [-0.2, 0) is 10.2 Å². The van der Waals surface area contributed by atoms with Crippen LogP contribution in [0.15, 0.2) is 18.2 Å². The molecule has 0 unspecified atom stereocenters. The fourth-order valence-electron chi connectivity index (χ4n) is 2.15. The van der Waals surface area contributed by atoms with Gasteiger partial charge in [-0.2, -0.15) is 0 Å². The monoisotopic (exact) mass is 205 g/mol. The maximum absolute atomic E-state index is 5.67. The third kappa shape index (κ3) is 1.80. The number of rotatable bonds is 3. The van der Waals surface area contributed by atoms with Gasteiger partial charge in [0.15, 0.2) is 0 Å². The number of benzene rings is 1. The Morgan fingerprint density at radius 1 is 1.27 bits per heavy atom. The Balaban J connectivity index is 2.30. The van der Waals surface area contributed by atoms with E-state index in [2.05, 4.69) is 32.0 Å². The highest BCUT2D eigenvalue weighted by Gasteiger charge is 2.39. The van der Waals surface area contributed by atoms with Crippen molar-refractivity contribution in [2.45, 2.75) is 25.7 Å². The van der Waals surface area contributed by atoms with E-state index in [9.17, 15) is 0 Å². The summed E-state index contributed by atoms with van der Waals surface area (Å²) in [6.07, 6.45) is 1.02. The molecule has 1 aliphatic heterocycles. The van der Waals surface area contributed by atoms with Gasteiger partial charge in [-0.1, -0.05) is 18.2 Å². The van der Waals surface area contributed by atoms with Gasteiger partial charge in [0.2, 0.25) is 0 Å². The Bertz CT molecular complexity index is 356. The lowest BCUT2D eigenvalue weighted by molar-refractivity contribution is -0.0631. The standard InChI is InChI=1S/C13H19NO/c1-10-3-4-12(7-11(10)2)13(5-6-14)8-15-9-13/h3-4,7H,5-6,8-9,14H2,1-2H3. The van der Waals surface area contributed by atoms with E-state index in [1.54, 1.807) is 0 Å². The van der Waals surface area contributed by atoms with E-state index >= 15 is 0 Å². The van der Waals surface area contributed by atoms with E-state index in [4.69, 9.17) is 10.5 Å². The summed E-state index contributed by atoms with van der Waals surface area (Å²) < 4.78 is 5.36. The molecule has 15 heavy (non-hydrogen) atoms. The molecule has 0 aromatic heterocycles. The van der Waals surface area contributed by atoms with Crippen molar-refractivity contribution in [3.63, 3.8) is 0 Å². The molecule has 0 atom stereocenters. The normalized spacial score (nSPS) is 18.6. The number of ether oxygens (including phenoxy) is 1. The second kappa shape index (κ2) is 3.95. The van der Waals surface area contributed by atoms with Crippen LogP contribution in [0, 0.1) is 13.8 Å². The summed E-state index contributed by atoms with van der Waals surface area (Å²) in [7, 11) is 0. The molecule has 2 heteroatoms. The Morgan fingerprint density at radius 3 is 2.47 bits per heavy atom. The molecule has 0 aliphatic carbocycles. The van der Waals surface area contributed by atoms with Gasteiger partial charge in [-0.3, -0.25) is 0 Å². The summed E-state index contributed by atoms with van der Waals surface area (Å²) in [5.41, 5.74) is 9.97. The van der Waals surface area contributed by atoms with Gasteiger partial charge in [0.1, 0.15) is 0 Å². The van der Waals surface area contributed by atoms with E-state index in [1.165, 1.54) is 16.7 Å². The summed E-state index contributed by atoms with van der Waals surface area (Å²) in [5, 5.41) is 0. The lowest BCUT2D eigenvalue weighted by Crippen LogP contribution is -2.48. The second-order valence-corrected chi connectivity index (χ2v) is 4.61. The number of nitrogens with two attached hydrogens (primary N) is 1. The van der Waals surface area contributed by atoms with E-state index in [1.807, 2.05) is 0 Å². The fraction of sp³-hybridized carbons (Fsp3) is 0.538. The Morgan fingerprint density at radius 2 is 2.00 bits per heavy atom. The minimum Gasteiger partial charge on any atom is -0.379 e. The molecule has 0 bridgehead atoms. The van der Waals surface area contributed by atoms with Crippen molar-refractivity contribution < 1.29 is 4.74 Å².